The largest absolute Gasteiger partial charge is 0.497 e. The molecule has 0 saturated heterocycles. The molecule has 0 amide bonds. The number of aliphatic hydroxyl groups excluding tert-OH is 1. The highest BCUT2D eigenvalue weighted by molar-refractivity contribution is 5.85. The second-order valence-electron chi connectivity index (χ2n) is 4.34. The number of hydrogen-bond acceptors (Lipinski definition) is 2. The third-order valence-corrected chi connectivity index (χ3v) is 3.03. The fourth-order valence-corrected chi connectivity index (χ4v) is 2.19. The van der Waals surface area contributed by atoms with Crippen molar-refractivity contribution in [3.8, 4) is 5.75 Å². The zero-order valence-corrected chi connectivity index (χ0v) is 10.6. The Kier molecular flexibility index (Phi) is 3.38. The summed E-state index contributed by atoms with van der Waals surface area (Å²) in [5.41, 5.74) is 2.11. The van der Waals surface area contributed by atoms with Crippen molar-refractivity contribution in [2.45, 2.75) is 32.9 Å². The van der Waals surface area contributed by atoms with Gasteiger partial charge in [-0.3, -0.25) is 0 Å². The van der Waals surface area contributed by atoms with Crippen molar-refractivity contribution in [2.75, 3.05) is 7.11 Å². The molecule has 1 aromatic carbocycles. The van der Waals surface area contributed by atoms with Crippen LogP contribution in [0.2, 0.25) is 0 Å². The van der Waals surface area contributed by atoms with Gasteiger partial charge in [0.05, 0.1) is 18.7 Å². The lowest BCUT2D eigenvalue weighted by Gasteiger charge is -2.04. The van der Waals surface area contributed by atoms with Gasteiger partial charge < -0.3 is 14.4 Å². The number of fused-ring (bicyclic) bond motifs is 1. The SMILES string of the molecule is CCCn1cc(C(C)O)c2ccc(OC)cc21. The van der Waals surface area contributed by atoms with E-state index in [0.29, 0.717) is 0 Å². The molecule has 0 aliphatic rings. The highest BCUT2D eigenvalue weighted by atomic mass is 16.5. The van der Waals surface area contributed by atoms with Gasteiger partial charge in [0, 0.05) is 29.8 Å². The van der Waals surface area contributed by atoms with Gasteiger partial charge in [-0.2, -0.15) is 0 Å². The smallest absolute Gasteiger partial charge is 0.120 e. The average molecular weight is 233 g/mol. The average Bonchev–Trinajstić information content (AvgIpc) is 2.68. The van der Waals surface area contributed by atoms with Crippen LogP contribution in [0.1, 0.15) is 31.9 Å². The predicted octanol–water partition coefficient (Wildman–Crippen LogP) is 3.11. The molecule has 0 radical (unpaired) electrons. The van der Waals surface area contributed by atoms with Gasteiger partial charge >= 0.3 is 0 Å². The van der Waals surface area contributed by atoms with Crippen LogP contribution in [-0.2, 0) is 6.54 Å². The van der Waals surface area contributed by atoms with Gasteiger partial charge in [0.2, 0.25) is 0 Å². The van der Waals surface area contributed by atoms with E-state index in [1.807, 2.05) is 24.4 Å². The van der Waals surface area contributed by atoms with Gasteiger partial charge in [0.1, 0.15) is 5.75 Å². The lowest BCUT2D eigenvalue weighted by molar-refractivity contribution is 0.200. The number of ether oxygens (including phenoxy) is 1. The van der Waals surface area contributed by atoms with Crippen LogP contribution in [0, 0.1) is 0 Å². The van der Waals surface area contributed by atoms with Crippen LogP contribution in [0.25, 0.3) is 10.9 Å². The van der Waals surface area contributed by atoms with E-state index in [1.54, 1.807) is 14.0 Å². The Hall–Kier alpha value is -1.48. The number of benzene rings is 1. The third-order valence-electron chi connectivity index (χ3n) is 3.03. The van der Waals surface area contributed by atoms with Crippen molar-refractivity contribution in [3.63, 3.8) is 0 Å². The standard InChI is InChI=1S/C14H19NO2/c1-4-7-15-9-13(10(2)16)12-6-5-11(17-3)8-14(12)15/h5-6,8-10,16H,4,7H2,1-3H3. The molecule has 1 aromatic heterocycles. The summed E-state index contributed by atoms with van der Waals surface area (Å²) in [5, 5.41) is 10.9. The Morgan fingerprint density at radius 1 is 1.41 bits per heavy atom. The fourth-order valence-electron chi connectivity index (χ4n) is 2.19. The lowest BCUT2D eigenvalue weighted by Crippen LogP contribution is -1.94. The molecule has 17 heavy (non-hydrogen) atoms. The van der Waals surface area contributed by atoms with Crippen LogP contribution in [0.3, 0.4) is 0 Å². The van der Waals surface area contributed by atoms with E-state index in [4.69, 9.17) is 4.74 Å². The predicted molar refractivity (Wildman–Crippen MR) is 69.4 cm³/mol. The molecule has 92 valence electrons. The van der Waals surface area contributed by atoms with Crippen LogP contribution in [0.15, 0.2) is 24.4 Å². The fraction of sp³-hybridized carbons (Fsp3) is 0.429. The monoisotopic (exact) mass is 233 g/mol. The van der Waals surface area contributed by atoms with Gasteiger partial charge in [-0.15, -0.1) is 0 Å². The van der Waals surface area contributed by atoms with E-state index in [-0.39, 0.29) is 0 Å². The van der Waals surface area contributed by atoms with Crippen molar-refractivity contribution >= 4 is 10.9 Å². The molecular formula is C14H19NO2. The molecule has 0 aliphatic carbocycles. The summed E-state index contributed by atoms with van der Waals surface area (Å²) < 4.78 is 7.43. The van der Waals surface area contributed by atoms with E-state index >= 15 is 0 Å². The molecule has 1 heterocycles. The third kappa shape index (κ3) is 2.15. The zero-order valence-electron chi connectivity index (χ0n) is 10.6. The maximum absolute atomic E-state index is 9.79. The minimum absolute atomic E-state index is 0.441. The summed E-state index contributed by atoms with van der Waals surface area (Å²) in [6, 6.07) is 5.98. The number of aliphatic hydroxyl groups is 1. The molecule has 0 saturated carbocycles. The first kappa shape index (κ1) is 12.0. The topological polar surface area (TPSA) is 34.4 Å². The molecule has 3 heteroatoms. The molecule has 0 bridgehead atoms. The summed E-state index contributed by atoms with van der Waals surface area (Å²) >= 11 is 0. The van der Waals surface area contributed by atoms with Crippen molar-refractivity contribution in [1.82, 2.24) is 4.57 Å². The summed E-state index contributed by atoms with van der Waals surface area (Å²) in [4.78, 5) is 0. The quantitative estimate of drug-likeness (QED) is 0.880. The van der Waals surface area contributed by atoms with E-state index in [9.17, 15) is 5.11 Å². The molecule has 2 rings (SSSR count). The van der Waals surface area contributed by atoms with E-state index in [2.05, 4.69) is 11.5 Å². The van der Waals surface area contributed by atoms with E-state index in [1.165, 1.54) is 0 Å². The highest BCUT2D eigenvalue weighted by Crippen LogP contribution is 2.29. The van der Waals surface area contributed by atoms with Crippen molar-refractivity contribution in [2.24, 2.45) is 0 Å². The molecule has 1 atom stereocenters. The second kappa shape index (κ2) is 4.80. The number of rotatable bonds is 4. The van der Waals surface area contributed by atoms with E-state index in [0.717, 1.165) is 35.2 Å². The Balaban J connectivity index is 2.63. The van der Waals surface area contributed by atoms with E-state index < -0.39 is 6.10 Å². The first-order valence-electron chi connectivity index (χ1n) is 6.02. The summed E-state index contributed by atoms with van der Waals surface area (Å²) in [5.74, 6) is 0.852. The Morgan fingerprint density at radius 3 is 2.76 bits per heavy atom. The molecule has 1 N–H and O–H groups in total. The molecule has 0 fully saturated rings. The van der Waals surface area contributed by atoms with Crippen molar-refractivity contribution < 1.29 is 9.84 Å². The number of aromatic nitrogens is 1. The van der Waals surface area contributed by atoms with Crippen LogP contribution >= 0.6 is 0 Å². The molecular weight excluding hydrogens is 214 g/mol. The normalized spacial score (nSPS) is 12.9. The zero-order chi connectivity index (χ0) is 12.4. The van der Waals surface area contributed by atoms with Crippen molar-refractivity contribution in [1.29, 1.82) is 0 Å². The Labute approximate surface area is 102 Å². The van der Waals surface area contributed by atoms with Crippen LogP contribution in [0.4, 0.5) is 0 Å². The molecule has 3 nitrogen and oxygen atoms in total. The lowest BCUT2D eigenvalue weighted by atomic mass is 10.1. The Bertz CT molecular complexity index is 514. The minimum Gasteiger partial charge on any atom is -0.497 e. The van der Waals surface area contributed by atoms with Gasteiger partial charge in [0.15, 0.2) is 0 Å². The van der Waals surface area contributed by atoms with Gasteiger partial charge in [-0.05, 0) is 25.5 Å². The van der Waals surface area contributed by atoms with Gasteiger partial charge in [0.25, 0.3) is 0 Å². The summed E-state index contributed by atoms with van der Waals surface area (Å²) in [6.45, 7) is 4.90. The van der Waals surface area contributed by atoms with Crippen LogP contribution in [0.5, 0.6) is 5.75 Å². The molecule has 1 unspecified atom stereocenters. The van der Waals surface area contributed by atoms with Gasteiger partial charge in [-0.1, -0.05) is 6.92 Å². The minimum atomic E-state index is -0.441. The number of hydrogen-bond donors (Lipinski definition) is 1. The maximum atomic E-state index is 9.79. The van der Waals surface area contributed by atoms with Crippen LogP contribution < -0.4 is 4.74 Å². The van der Waals surface area contributed by atoms with Crippen molar-refractivity contribution in [3.05, 3.63) is 30.0 Å². The van der Waals surface area contributed by atoms with Gasteiger partial charge in [-0.25, -0.2) is 0 Å². The first-order chi connectivity index (χ1) is 8.17. The number of nitrogens with zero attached hydrogens (tertiary/aromatic N) is 1. The van der Waals surface area contributed by atoms with Crippen LogP contribution in [-0.4, -0.2) is 16.8 Å². The second-order valence-corrected chi connectivity index (χ2v) is 4.34. The molecule has 0 spiro atoms. The summed E-state index contributed by atoms with van der Waals surface area (Å²) in [6.07, 6.45) is 2.67. The highest BCUT2D eigenvalue weighted by Gasteiger charge is 2.12. The summed E-state index contributed by atoms with van der Waals surface area (Å²) in [7, 11) is 1.67. The number of methoxy groups -OCH3 is 1. The molecule has 2 aromatic rings. The Morgan fingerprint density at radius 2 is 2.18 bits per heavy atom. The molecule has 0 aliphatic heterocycles. The number of aryl methyl sites for hydroxylation is 1. The first-order valence-corrected chi connectivity index (χ1v) is 6.02. The maximum Gasteiger partial charge on any atom is 0.120 e.